The Balaban J connectivity index is 2.04. The van der Waals surface area contributed by atoms with E-state index in [1.165, 1.54) is 6.07 Å². The molecule has 108 valence electrons. The second-order valence-electron chi connectivity index (χ2n) is 5.67. The number of aromatic nitrogens is 3. The first-order valence-electron chi connectivity index (χ1n) is 6.41. The largest absolute Gasteiger partial charge is 0.305 e. The van der Waals surface area contributed by atoms with Crippen LogP contribution in [0.4, 0.5) is 4.39 Å². The Morgan fingerprint density at radius 1 is 1.35 bits per heavy atom. The topological polar surface area (TPSA) is 42.7 Å². The SMILES string of the molecule is CC(C)(C)NCc1ncn(Cc2cccc(F)c2Cl)n1. The number of benzene rings is 1. The Morgan fingerprint density at radius 3 is 2.80 bits per heavy atom. The molecule has 0 fully saturated rings. The van der Waals surface area contributed by atoms with Crippen LogP contribution in [-0.2, 0) is 13.1 Å². The first-order chi connectivity index (χ1) is 9.35. The number of hydrogen-bond acceptors (Lipinski definition) is 3. The van der Waals surface area contributed by atoms with E-state index in [4.69, 9.17) is 11.6 Å². The quantitative estimate of drug-likeness (QED) is 0.943. The summed E-state index contributed by atoms with van der Waals surface area (Å²) in [5, 5.41) is 7.79. The Hall–Kier alpha value is -1.46. The second-order valence-corrected chi connectivity index (χ2v) is 6.05. The van der Waals surface area contributed by atoms with Crippen LogP contribution in [0.3, 0.4) is 0 Å². The molecule has 0 saturated heterocycles. The van der Waals surface area contributed by atoms with Gasteiger partial charge in [0.25, 0.3) is 0 Å². The van der Waals surface area contributed by atoms with Crippen LogP contribution in [0.5, 0.6) is 0 Å². The summed E-state index contributed by atoms with van der Waals surface area (Å²) in [6.45, 7) is 7.23. The minimum absolute atomic E-state index is 0.0112. The van der Waals surface area contributed by atoms with E-state index in [0.29, 0.717) is 24.5 Å². The highest BCUT2D eigenvalue weighted by Crippen LogP contribution is 2.20. The van der Waals surface area contributed by atoms with Crippen LogP contribution in [-0.4, -0.2) is 20.3 Å². The van der Waals surface area contributed by atoms with Crippen molar-refractivity contribution in [2.24, 2.45) is 0 Å². The molecule has 2 aromatic rings. The van der Waals surface area contributed by atoms with E-state index < -0.39 is 5.82 Å². The molecule has 4 nitrogen and oxygen atoms in total. The van der Waals surface area contributed by atoms with Gasteiger partial charge < -0.3 is 5.32 Å². The van der Waals surface area contributed by atoms with E-state index in [2.05, 4.69) is 36.2 Å². The first-order valence-corrected chi connectivity index (χ1v) is 6.79. The molecule has 0 aliphatic heterocycles. The highest BCUT2D eigenvalue weighted by molar-refractivity contribution is 6.31. The fraction of sp³-hybridized carbons (Fsp3) is 0.429. The van der Waals surface area contributed by atoms with Crippen molar-refractivity contribution in [2.45, 2.75) is 39.4 Å². The number of halogens is 2. The molecular weight excluding hydrogens is 279 g/mol. The molecule has 6 heteroatoms. The van der Waals surface area contributed by atoms with E-state index >= 15 is 0 Å². The minimum atomic E-state index is -0.418. The van der Waals surface area contributed by atoms with Crippen molar-refractivity contribution in [3.05, 3.63) is 46.8 Å². The molecule has 2 rings (SSSR count). The zero-order chi connectivity index (χ0) is 14.8. The number of nitrogens with zero attached hydrogens (tertiary/aromatic N) is 3. The van der Waals surface area contributed by atoms with E-state index in [1.54, 1.807) is 23.1 Å². The summed E-state index contributed by atoms with van der Waals surface area (Å²) in [6.07, 6.45) is 1.63. The molecule has 0 atom stereocenters. The third-order valence-corrected chi connectivity index (χ3v) is 3.15. The minimum Gasteiger partial charge on any atom is -0.305 e. The molecule has 0 saturated carbocycles. The van der Waals surface area contributed by atoms with Gasteiger partial charge in [0, 0.05) is 5.54 Å². The summed E-state index contributed by atoms with van der Waals surface area (Å²) >= 11 is 5.92. The molecule has 0 aliphatic rings. The van der Waals surface area contributed by atoms with Crippen molar-refractivity contribution < 1.29 is 4.39 Å². The van der Waals surface area contributed by atoms with Gasteiger partial charge in [-0.2, -0.15) is 5.10 Å². The first kappa shape index (κ1) is 14.9. The van der Waals surface area contributed by atoms with Gasteiger partial charge in [-0.15, -0.1) is 0 Å². The normalized spacial score (nSPS) is 11.8. The zero-order valence-corrected chi connectivity index (χ0v) is 12.6. The predicted octanol–water partition coefficient (Wildman–Crippen LogP) is 3.01. The molecule has 0 amide bonds. The summed E-state index contributed by atoms with van der Waals surface area (Å²) in [6, 6.07) is 4.75. The zero-order valence-electron chi connectivity index (χ0n) is 11.8. The Morgan fingerprint density at radius 2 is 2.10 bits per heavy atom. The fourth-order valence-electron chi connectivity index (χ4n) is 1.68. The summed E-state index contributed by atoms with van der Waals surface area (Å²) in [5.74, 6) is 0.284. The molecule has 1 heterocycles. The van der Waals surface area contributed by atoms with E-state index in [0.717, 1.165) is 0 Å². The van der Waals surface area contributed by atoms with Crippen molar-refractivity contribution >= 4 is 11.6 Å². The van der Waals surface area contributed by atoms with Crippen molar-refractivity contribution in [1.82, 2.24) is 20.1 Å². The van der Waals surface area contributed by atoms with Gasteiger partial charge in [0.1, 0.15) is 12.1 Å². The summed E-state index contributed by atoms with van der Waals surface area (Å²) in [7, 11) is 0. The van der Waals surface area contributed by atoms with Gasteiger partial charge in [0.15, 0.2) is 5.82 Å². The maximum Gasteiger partial charge on any atom is 0.164 e. The average Bonchev–Trinajstić information content (AvgIpc) is 2.80. The third kappa shape index (κ3) is 4.02. The fourth-order valence-corrected chi connectivity index (χ4v) is 1.87. The van der Waals surface area contributed by atoms with Crippen molar-refractivity contribution in [1.29, 1.82) is 0 Å². The number of hydrogen-bond donors (Lipinski definition) is 1. The summed E-state index contributed by atoms with van der Waals surface area (Å²) < 4.78 is 15.0. The molecule has 0 aliphatic carbocycles. The van der Waals surface area contributed by atoms with Crippen LogP contribution in [0.25, 0.3) is 0 Å². The highest BCUT2D eigenvalue weighted by Gasteiger charge is 2.11. The van der Waals surface area contributed by atoms with Crippen LogP contribution in [0.1, 0.15) is 32.2 Å². The van der Waals surface area contributed by atoms with Gasteiger partial charge in [-0.3, -0.25) is 0 Å². The smallest absolute Gasteiger partial charge is 0.164 e. The van der Waals surface area contributed by atoms with Gasteiger partial charge in [-0.05, 0) is 32.4 Å². The molecule has 1 aromatic carbocycles. The third-order valence-electron chi connectivity index (χ3n) is 2.72. The Labute approximate surface area is 123 Å². The lowest BCUT2D eigenvalue weighted by Gasteiger charge is -2.19. The molecule has 0 radical (unpaired) electrons. The summed E-state index contributed by atoms with van der Waals surface area (Å²) in [4.78, 5) is 4.22. The maximum atomic E-state index is 13.4. The number of nitrogens with one attached hydrogen (secondary N) is 1. The molecule has 0 bridgehead atoms. The molecule has 1 N–H and O–H groups in total. The van der Waals surface area contributed by atoms with Crippen LogP contribution >= 0.6 is 11.6 Å². The summed E-state index contributed by atoms with van der Waals surface area (Å²) in [5.41, 5.74) is 0.698. The average molecular weight is 297 g/mol. The van der Waals surface area contributed by atoms with Gasteiger partial charge >= 0.3 is 0 Å². The lowest BCUT2D eigenvalue weighted by Crippen LogP contribution is -2.35. The van der Waals surface area contributed by atoms with Crippen LogP contribution in [0.15, 0.2) is 24.5 Å². The van der Waals surface area contributed by atoms with E-state index in [9.17, 15) is 4.39 Å². The molecule has 0 spiro atoms. The molecule has 1 aromatic heterocycles. The lowest BCUT2D eigenvalue weighted by molar-refractivity contribution is 0.417. The van der Waals surface area contributed by atoms with Crippen LogP contribution in [0.2, 0.25) is 5.02 Å². The monoisotopic (exact) mass is 296 g/mol. The van der Waals surface area contributed by atoms with Crippen LogP contribution in [0, 0.1) is 5.82 Å². The Bertz CT molecular complexity index is 589. The van der Waals surface area contributed by atoms with Gasteiger partial charge in [-0.25, -0.2) is 14.1 Å². The Kier molecular flexibility index (Phi) is 4.40. The highest BCUT2D eigenvalue weighted by atomic mass is 35.5. The van der Waals surface area contributed by atoms with Crippen molar-refractivity contribution in [3.63, 3.8) is 0 Å². The van der Waals surface area contributed by atoms with Crippen molar-refractivity contribution in [2.75, 3.05) is 0 Å². The predicted molar refractivity (Wildman–Crippen MR) is 77.1 cm³/mol. The van der Waals surface area contributed by atoms with Gasteiger partial charge in [0.2, 0.25) is 0 Å². The van der Waals surface area contributed by atoms with Crippen LogP contribution < -0.4 is 5.32 Å². The van der Waals surface area contributed by atoms with Crippen molar-refractivity contribution in [3.8, 4) is 0 Å². The standard InChI is InChI=1S/C14H18ClFN4/c1-14(2,3)18-7-12-17-9-20(19-12)8-10-5-4-6-11(16)13(10)15/h4-6,9,18H,7-8H2,1-3H3. The molecule has 0 unspecified atom stereocenters. The van der Waals surface area contributed by atoms with Gasteiger partial charge in [0.05, 0.1) is 18.1 Å². The second kappa shape index (κ2) is 5.89. The van der Waals surface area contributed by atoms with E-state index in [1.807, 2.05) is 0 Å². The lowest BCUT2D eigenvalue weighted by atomic mass is 10.1. The van der Waals surface area contributed by atoms with Gasteiger partial charge in [-0.1, -0.05) is 23.7 Å². The molecule has 20 heavy (non-hydrogen) atoms. The number of rotatable bonds is 4. The maximum absolute atomic E-state index is 13.4. The van der Waals surface area contributed by atoms with E-state index in [-0.39, 0.29) is 10.6 Å². The molecular formula is C14H18ClFN4.